The number of amides is 1. The molecule has 6 rings (SSSR count). The molecule has 0 saturated carbocycles. The highest BCUT2D eigenvalue weighted by atomic mass is 19.2. The molecule has 0 atom stereocenters. The molecule has 2 aliphatic rings. The lowest BCUT2D eigenvalue weighted by atomic mass is 9.77. The number of methoxy groups -OCH3 is 1. The van der Waals surface area contributed by atoms with Crippen LogP contribution in [0.2, 0.25) is 0 Å². The Kier molecular flexibility index (Phi) is 7.74. The predicted molar refractivity (Wildman–Crippen MR) is 162 cm³/mol. The summed E-state index contributed by atoms with van der Waals surface area (Å²) in [6, 6.07) is 9.04. The molecule has 2 saturated heterocycles. The topological polar surface area (TPSA) is 110 Å². The summed E-state index contributed by atoms with van der Waals surface area (Å²) >= 11 is 0. The highest BCUT2D eigenvalue weighted by molar-refractivity contribution is 6.02. The fraction of sp³-hybridized carbons (Fsp3) is 0.290. The molecule has 1 amide bonds. The number of benzene rings is 2. The Balaban J connectivity index is 1.32. The first-order valence-corrected chi connectivity index (χ1v) is 13.9. The van der Waals surface area contributed by atoms with Crippen LogP contribution in [0.4, 0.5) is 31.8 Å². The number of carbonyl (C=O) groups excluding carboxylic acids is 1. The highest BCUT2D eigenvalue weighted by Gasteiger charge is 2.49. The molecule has 228 valence electrons. The van der Waals surface area contributed by atoms with Gasteiger partial charge in [0.1, 0.15) is 5.75 Å². The average molecular weight is 603 g/mol. The van der Waals surface area contributed by atoms with Gasteiger partial charge in [-0.2, -0.15) is 10.1 Å². The molecule has 44 heavy (non-hydrogen) atoms. The van der Waals surface area contributed by atoms with Gasteiger partial charge in [-0.25, -0.2) is 18.4 Å². The molecule has 2 aromatic heterocycles. The van der Waals surface area contributed by atoms with E-state index in [1.807, 2.05) is 25.1 Å². The van der Waals surface area contributed by atoms with E-state index in [0.717, 1.165) is 49.7 Å². The van der Waals surface area contributed by atoms with E-state index in [0.29, 0.717) is 40.7 Å². The maximum absolute atomic E-state index is 14.1. The van der Waals surface area contributed by atoms with Crippen molar-refractivity contribution in [2.24, 2.45) is 5.41 Å². The van der Waals surface area contributed by atoms with Crippen LogP contribution in [0.5, 0.6) is 5.75 Å². The van der Waals surface area contributed by atoms with Crippen molar-refractivity contribution in [2.75, 3.05) is 63.0 Å². The van der Waals surface area contributed by atoms with Gasteiger partial charge >= 0.3 is 0 Å². The van der Waals surface area contributed by atoms with Crippen molar-refractivity contribution in [1.82, 2.24) is 24.6 Å². The second-order valence-electron chi connectivity index (χ2n) is 11.3. The molecule has 2 N–H and O–H groups in total. The number of anilines is 4. The molecule has 1 spiro atoms. The standard InChI is InChI=1S/C31H32F2N8O3/c1-5-28(42)35-23-11-24(26(43-4)12-25(23)40-15-31(16-40)17-44-18-31)36-30-34-9-8-27(37-30)41-14-20(13-39(2)3)29(38-41)19-6-7-21(32)22(33)10-19/h5-12,14H,1,13,15-18H2,2-4H3,(H,35,42)(H,34,36,37). The van der Waals surface area contributed by atoms with Crippen molar-refractivity contribution in [2.45, 2.75) is 6.54 Å². The van der Waals surface area contributed by atoms with E-state index in [9.17, 15) is 13.6 Å². The first-order chi connectivity index (χ1) is 21.2. The van der Waals surface area contributed by atoms with Crippen molar-refractivity contribution in [3.8, 4) is 22.8 Å². The van der Waals surface area contributed by atoms with Crippen molar-refractivity contribution in [1.29, 1.82) is 0 Å². The Labute approximate surface area is 253 Å². The van der Waals surface area contributed by atoms with E-state index in [4.69, 9.17) is 9.47 Å². The summed E-state index contributed by atoms with van der Waals surface area (Å²) in [6.07, 6.45) is 4.60. The van der Waals surface area contributed by atoms with Gasteiger partial charge in [-0.15, -0.1) is 0 Å². The lowest BCUT2D eigenvalue weighted by Crippen LogP contribution is -2.66. The smallest absolute Gasteiger partial charge is 0.247 e. The molecule has 2 aromatic carbocycles. The number of carbonyl (C=O) groups is 1. The van der Waals surface area contributed by atoms with Crippen molar-refractivity contribution < 1.29 is 23.0 Å². The third-order valence-electron chi connectivity index (χ3n) is 7.56. The first-order valence-electron chi connectivity index (χ1n) is 13.9. The third kappa shape index (κ3) is 5.71. The maximum Gasteiger partial charge on any atom is 0.247 e. The summed E-state index contributed by atoms with van der Waals surface area (Å²) in [6.45, 7) is 7.19. The number of aromatic nitrogens is 4. The maximum atomic E-state index is 14.1. The second-order valence-corrected chi connectivity index (χ2v) is 11.3. The van der Waals surface area contributed by atoms with Gasteiger partial charge in [0, 0.05) is 55.3 Å². The summed E-state index contributed by atoms with van der Waals surface area (Å²) in [5.41, 5.74) is 3.87. The van der Waals surface area contributed by atoms with Crippen LogP contribution in [0.1, 0.15) is 5.56 Å². The SMILES string of the molecule is C=CC(=O)Nc1cc(Nc2nccc(-n3cc(CN(C)C)c(-c4ccc(F)c(F)c4)n3)n2)c(OC)cc1N1CC2(COC2)C1. The van der Waals surface area contributed by atoms with Gasteiger partial charge in [-0.1, -0.05) is 6.58 Å². The van der Waals surface area contributed by atoms with E-state index >= 15 is 0 Å². The fourth-order valence-electron chi connectivity index (χ4n) is 5.42. The van der Waals surface area contributed by atoms with Gasteiger partial charge in [0.2, 0.25) is 11.9 Å². The molecule has 13 heteroatoms. The zero-order chi connectivity index (χ0) is 31.0. The highest BCUT2D eigenvalue weighted by Crippen LogP contribution is 2.45. The predicted octanol–water partition coefficient (Wildman–Crippen LogP) is 4.38. The Hall–Kier alpha value is -4.88. The Morgan fingerprint density at radius 1 is 1.16 bits per heavy atom. The van der Waals surface area contributed by atoms with E-state index in [-0.39, 0.29) is 17.3 Å². The summed E-state index contributed by atoms with van der Waals surface area (Å²) in [4.78, 5) is 25.5. The Morgan fingerprint density at radius 3 is 2.61 bits per heavy atom. The van der Waals surface area contributed by atoms with Crippen LogP contribution >= 0.6 is 0 Å². The van der Waals surface area contributed by atoms with Crippen LogP contribution < -0.4 is 20.3 Å². The minimum absolute atomic E-state index is 0.168. The molecule has 4 heterocycles. The number of nitrogens with zero attached hydrogens (tertiary/aromatic N) is 6. The monoisotopic (exact) mass is 602 g/mol. The largest absolute Gasteiger partial charge is 0.494 e. The number of rotatable bonds is 10. The lowest BCUT2D eigenvalue weighted by molar-refractivity contribution is -0.127. The van der Waals surface area contributed by atoms with Crippen molar-refractivity contribution >= 4 is 28.9 Å². The second kappa shape index (κ2) is 11.7. The molecule has 0 unspecified atom stereocenters. The van der Waals surface area contributed by atoms with Crippen LogP contribution in [-0.4, -0.2) is 78.1 Å². The molecule has 11 nitrogen and oxygen atoms in total. The quantitative estimate of drug-likeness (QED) is 0.256. The number of nitrogens with one attached hydrogen (secondary N) is 2. The van der Waals surface area contributed by atoms with Crippen LogP contribution in [0, 0.1) is 17.0 Å². The molecule has 4 aromatic rings. The number of halogens is 2. The molecule has 0 bridgehead atoms. The van der Waals surface area contributed by atoms with E-state index in [1.54, 1.807) is 36.3 Å². The van der Waals surface area contributed by atoms with Crippen LogP contribution in [-0.2, 0) is 16.1 Å². The van der Waals surface area contributed by atoms with Crippen LogP contribution in [0.25, 0.3) is 17.1 Å². The molecular formula is C31H32F2N8O3. The minimum Gasteiger partial charge on any atom is -0.494 e. The van der Waals surface area contributed by atoms with Crippen molar-refractivity contribution in [3.63, 3.8) is 0 Å². The van der Waals surface area contributed by atoms with Gasteiger partial charge < -0.3 is 29.9 Å². The number of hydrogen-bond donors (Lipinski definition) is 2. The fourth-order valence-corrected chi connectivity index (χ4v) is 5.42. The summed E-state index contributed by atoms with van der Waals surface area (Å²) < 4.78 is 40.4. The van der Waals surface area contributed by atoms with E-state index in [2.05, 4.69) is 37.2 Å². The first kappa shape index (κ1) is 29.2. The summed E-state index contributed by atoms with van der Waals surface area (Å²) in [5, 5.41) is 10.8. The Bertz CT molecular complexity index is 1730. The normalized spacial score (nSPS) is 15.1. The molecule has 0 aliphatic carbocycles. The summed E-state index contributed by atoms with van der Waals surface area (Å²) in [5.74, 6) is -0.984. The van der Waals surface area contributed by atoms with Gasteiger partial charge in [0.15, 0.2) is 17.5 Å². The van der Waals surface area contributed by atoms with E-state index in [1.165, 1.54) is 12.1 Å². The van der Waals surface area contributed by atoms with E-state index < -0.39 is 11.6 Å². The zero-order valence-electron chi connectivity index (χ0n) is 24.6. The Morgan fingerprint density at radius 2 is 1.95 bits per heavy atom. The van der Waals surface area contributed by atoms with Crippen molar-refractivity contribution in [3.05, 3.63) is 78.6 Å². The van der Waals surface area contributed by atoms with Crippen LogP contribution in [0.15, 0.2) is 61.4 Å². The molecular weight excluding hydrogens is 570 g/mol. The molecule has 0 radical (unpaired) electrons. The van der Waals surface area contributed by atoms with Gasteiger partial charge in [0.05, 0.1) is 48.5 Å². The van der Waals surface area contributed by atoms with Gasteiger partial charge in [-0.05, 0) is 44.4 Å². The number of hydrogen-bond acceptors (Lipinski definition) is 9. The average Bonchev–Trinajstić information content (AvgIpc) is 3.37. The molecule has 2 aliphatic heterocycles. The third-order valence-corrected chi connectivity index (χ3v) is 7.56. The molecule has 2 fully saturated rings. The summed E-state index contributed by atoms with van der Waals surface area (Å²) in [7, 11) is 5.38. The van der Waals surface area contributed by atoms with Gasteiger partial charge in [-0.3, -0.25) is 4.79 Å². The lowest BCUT2D eigenvalue weighted by Gasteiger charge is -2.56. The minimum atomic E-state index is -0.948. The van der Waals surface area contributed by atoms with Crippen LogP contribution in [0.3, 0.4) is 0 Å². The number of ether oxygens (including phenoxy) is 2. The zero-order valence-corrected chi connectivity index (χ0v) is 24.6. The van der Waals surface area contributed by atoms with Gasteiger partial charge in [0.25, 0.3) is 0 Å².